The minimum absolute atomic E-state index is 0.00161. The van der Waals surface area contributed by atoms with E-state index in [0.717, 1.165) is 19.3 Å². The van der Waals surface area contributed by atoms with Gasteiger partial charge in [0.25, 0.3) is 0 Å². The van der Waals surface area contributed by atoms with Gasteiger partial charge in [-0.2, -0.15) is 0 Å². The maximum Gasteiger partial charge on any atom is 0.104 e. The van der Waals surface area contributed by atoms with Gasteiger partial charge in [-0.1, -0.05) is 20.8 Å². The average Bonchev–Trinajstić information content (AvgIpc) is 2.77. The lowest BCUT2D eigenvalue weighted by Crippen LogP contribution is -2.35. The van der Waals surface area contributed by atoms with E-state index < -0.39 is 0 Å². The van der Waals surface area contributed by atoms with Crippen LogP contribution in [-0.2, 0) is 28.4 Å². The summed E-state index contributed by atoms with van der Waals surface area (Å²) in [4.78, 5) is 0. The first-order valence-corrected chi connectivity index (χ1v) is 12.6. The summed E-state index contributed by atoms with van der Waals surface area (Å²) in [6.45, 7) is 15.7. The fourth-order valence-corrected chi connectivity index (χ4v) is 2.76. The molecule has 6 unspecified atom stereocenters. The molecule has 0 aliphatic heterocycles. The molecule has 9 heteroatoms. The Bertz CT molecular complexity index is 403. The van der Waals surface area contributed by atoms with Crippen molar-refractivity contribution in [2.45, 2.75) is 103 Å². The highest BCUT2D eigenvalue weighted by atomic mass is 16.6. The number of hydrogen-bond acceptors (Lipinski definition) is 9. The lowest BCUT2D eigenvalue weighted by atomic mass is 10.2. The second kappa shape index (κ2) is 21.0. The molecule has 0 aromatic rings. The molecule has 0 aromatic carbocycles. The van der Waals surface area contributed by atoms with Gasteiger partial charge in [-0.15, -0.1) is 0 Å². The van der Waals surface area contributed by atoms with Crippen molar-refractivity contribution in [2.75, 3.05) is 52.9 Å². The summed E-state index contributed by atoms with van der Waals surface area (Å²) in [6, 6.07) is -0.00517. The molecule has 0 radical (unpaired) electrons. The minimum atomic E-state index is -0.227. The molecule has 33 heavy (non-hydrogen) atoms. The highest BCUT2D eigenvalue weighted by Gasteiger charge is 2.18. The second-order valence-electron chi connectivity index (χ2n) is 9.05. The Labute approximate surface area is 202 Å². The van der Waals surface area contributed by atoms with Gasteiger partial charge >= 0.3 is 0 Å². The molecule has 200 valence electrons. The molecule has 0 bridgehead atoms. The zero-order valence-corrected chi connectivity index (χ0v) is 22.0. The quantitative estimate of drug-likeness (QED) is 0.201. The van der Waals surface area contributed by atoms with Gasteiger partial charge in [-0.25, -0.2) is 0 Å². The summed E-state index contributed by atoms with van der Waals surface area (Å²) in [6.07, 6.45) is 2.31. The summed E-state index contributed by atoms with van der Waals surface area (Å²) >= 11 is 0. The highest BCUT2D eigenvalue weighted by Crippen LogP contribution is 2.07. The largest absolute Gasteiger partial charge is 0.376 e. The maximum absolute atomic E-state index is 6.12. The first-order chi connectivity index (χ1) is 15.7. The van der Waals surface area contributed by atoms with E-state index in [0.29, 0.717) is 52.9 Å². The average molecular weight is 480 g/mol. The first-order valence-electron chi connectivity index (χ1n) is 12.6. The van der Waals surface area contributed by atoms with Gasteiger partial charge in [0.2, 0.25) is 0 Å². The molecule has 0 spiro atoms. The standard InChI is InChI=1S/C24H53N3O6/c1-7-21(30-10-18(4)25)13-28-15-24(33-17-23(9-3)32-12-20(6)27)16-29-14-22(8-2)31-11-19(5)26/h18-24H,7-17,25-27H2,1-6H3. The Balaban J connectivity index is 4.66. The Kier molecular flexibility index (Phi) is 20.7. The molecule has 0 saturated carbocycles. The third-order valence-corrected chi connectivity index (χ3v) is 4.88. The SMILES string of the molecule is CCC(COCC(COCC(CC)OCC(C)N)OCC(CC)OCC(C)N)OCC(C)N. The van der Waals surface area contributed by atoms with Crippen molar-refractivity contribution in [2.24, 2.45) is 17.2 Å². The summed E-state index contributed by atoms with van der Waals surface area (Å²) in [5.74, 6) is 0. The van der Waals surface area contributed by atoms with Gasteiger partial charge in [0, 0.05) is 18.1 Å². The fraction of sp³-hybridized carbons (Fsp3) is 1.00. The topological polar surface area (TPSA) is 133 Å². The molecule has 0 rings (SSSR count). The molecule has 0 aliphatic rings. The van der Waals surface area contributed by atoms with E-state index in [9.17, 15) is 0 Å². The van der Waals surface area contributed by atoms with Crippen LogP contribution in [0.3, 0.4) is 0 Å². The summed E-state index contributed by atoms with van der Waals surface area (Å²) < 4.78 is 35.4. The van der Waals surface area contributed by atoms with Gasteiger partial charge in [-0.3, -0.25) is 0 Å². The predicted molar refractivity (Wildman–Crippen MR) is 132 cm³/mol. The van der Waals surface area contributed by atoms with Crippen molar-refractivity contribution >= 4 is 0 Å². The molecule has 0 aromatic heterocycles. The molecule has 0 amide bonds. The van der Waals surface area contributed by atoms with Crippen molar-refractivity contribution in [3.05, 3.63) is 0 Å². The van der Waals surface area contributed by atoms with E-state index in [1.165, 1.54) is 0 Å². The Morgan fingerprint density at radius 1 is 0.424 bits per heavy atom. The lowest BCUT2D eigenvalue weighted by molar-refractivity contribution is -0.114. The van der Waals surface area contributed by atoms with Crippen LogP contribution in [0.1, 0.15) is 60.8 Å². The Hall–Kier alpha value is -0.360. The van der Waals surface area contributed by atoms with Crippen molar-refractivity contribution in [1.82, 2.24) is 0 Å². The molecule has 0 fully saturated rings. The molecule has 0 heterocycles. The van der Waals surface area contributed by atoms with Crippen LogP contribution in [-0.4, -0.2) is 95.4 Å². The van der Waals surface area contributed by atoms with E-state index in [1.54, 1.807) is 0 Å². The number of ether oxygens (including phenoxy) is 6. The van der Waals surface area contributed by atoms with Gasteiger partial charge in [0.05, 0.1) is 71.2 Å². The van der Waals surface area contributed by atoms with Gasteiger partial charge in [-0.05, 0) is 40.0 Å². The van der Waals surface area contributed by atoms with Crippen molar-refractivity contribution in [3.63, 3.8) is 0 Å². The monoisotopic (exact) mass is 479 g/mol. The number of rotatable bonds is 23. The van der Waals surface area contributed by atoms with Gasteiger partial charge in [0.1, 0.15) is 6.10 Å². The van der Waals surface area contributed by atoms with Crippen LogP contribution < -0.4 is 17.2 Å². The van der Waals surface area contributed by atoms with Crippen molar-refractivity contribution in [3.8, 4) is 0 Å². The van der Waals surface area contributed by atoms with Crippen LogP contribution in [0.2, 0.25) is 0 Å². The van der Waals surface area contributed by atoms with E-state index in [-0.39, 0.29) is 42.5 Å². The molecule has 0 aliphatic carbocycles. The van der Waals surface area contributed by atoms with E-state index in [2.05, 4.69) is 20.8 Å². The molecule has 0 saturated heterocycles. The van der Waals surface area contributed by atoms with E-state index >= 15 is 0 Å². The van der Waals surface area contributed by atoms with Crippen LogP contribution in [0.4, 0.5) is 0 Å². The van der Waals surface area contributed by atoms with Crippen LogP contribution in [0.15, 0.2) is 0 Å². The Morgan fingerprint density at radius 3 is 1.00 bits per heavy atom. The van der Waals surface area contributed by atoms with Crippen molar-refractivity contribution in [1.29, 1.82) is 0 Å². The number of hydrogen-bond donors (Lipinski definition) is 3. The zero-order chi connectivity index (χ0) is 25.1. The highest BCUT2D eigenvalue weighted by molar-refractivity contribution is 4.65. The summed E-state index contributed by atoms with van der Waals surface area (Å²) in [5, 5.41) is 0. The van der Waals surface area contributed by atoms with Crippen LogP contribution >= 0.6 is 0 Å². The number of nitrogens with two attached hydrogens (primary N) is 3. The van der Waals surface area contributed by atoms with Crippen molar-refractivity contribution < 1.29 is 28.4 Å². The third kappa shape index (κ3) is 19.6. The lowest BCUT2D eigenvalue weighted by Gasteiger charge is -2.25. The smallest absolute Gasteiger partial charge is 0.104 e. The normalized spacial score (nSPS) is 18.5. The zero-order valence-electron chi connectivity index (χ0n) is 22.0. The first kappa shape index (κ1) is 32.6. The van der Waals surface area contributed by atoms with Gasteiger partial charge in [0.15, 0.2) is 0 Å². The predicted octanol–water partition coefficient (Wildman–Crippen LogP) is 1.83. The molecular weight excluding hydrogens is 426 g/mol. The fourth-order valence-electron chi connectivity index (χ4n) is 2.76. The maximum atomic E-state index is 6.12. The minimum Gasteiger partial charge on any atom is -0.376 e. The van der Waals surface area contributed by atoms with E-state index in [1.807, 2.05) is 20.8 Å². The molecular formula is C24H53N3O6. The van der Waals surface area contributed by atoms with Crippen LogP contribution in [0, 0.1) is 0 Å². The Morgan fingerprint density at radius 2 is 0.697 bits per heavy atom. The second-order valence-corrected chi connectivity index (χ2v) is 9.05. The molecule has 6 atom stereocenters. The molecule has 6 N–H and O–H groups in total. The summed E-state index contributed by atoms with van der Waals surface area (Å²) in [5.41, 5.74) is 17.4. The van der Waals surface area contributed by atoms with Crippen LogP contribution in [0.25, 0.3) is 0 Å². The third-order valence-electron chi connectivity index (χ3n) is 4.88. The van der Waals surface area contributed by atoms with Crippen LogP contribution in [0.5, 0.6) is 0 Å². The van der Waals surface area contributed by atoms with E-state index in [4.69, 9.17) is 45.6 Å². The van der Waals surface area contributed by atoms with Gasteiger partial charge < -0.3 is 45.6 Å². The molecule has 9 nitrogen and oxygen atoms in total. The summed E-state index contributed by atoms with van der Waals surface area (Å²) in [7, 11) is 0.